The fraction of sp³-hybridized carbons (Fsp3) is 0.556. The maximum Gasteiger partial charge on any atom is 0.339 e. The minimum Gasteiger partial charge on any atom is -0.465 e. The second kappa shape index (κ2) is 9.80. The van der Waals surface area contributed by atoms with Gasteiger partial charge in [-0.1, -0.05) is 38.2 Å². The van der Waals surface area contributed by atoms with E-state index in [1.165, 1.54) is 26.4 Å². The van der Waals surface area contributed by atoms with Crippen molar-refractivity contribution in [2.75, 3.05) is 12.5 Å². The molecule has 2 rings (SSSR count). The van der Waals surface area contributed by atoms with Crippen LogP contribution in [0.25, 0.3) is 0 Å². The van der Waals surface area contributed by atoms with Gasteiger partial charge in [0.25, 0.3) is 5.91 Å². The third-order valence-electron chi connectivity index (χ3n) is 4.77. The minimum atomic E-state index is -1.31. The molecular formula is C18H27N3O4S. The largest absolute Gasteiger partial charge is 0.465 e. The fourth-order valence-electron chi connectivity index (χ4n) is 3.25. The molecule has 0 bridgehead atoms. The van der Waals surface area contributed by atoms with E-state index < -0.39 is 24.0 Å². The number of hydrazine groups is 1. The number of aliphatic hydroxyl groups is 1. The number of methoxy groups -OCH3 is 1. The number of carbonyl (C=O) groups excluding carboxylic acids is 2. The monoisotopic (exact) mass is 381 g/mol. The summed E-state index contributed by atoms with van der Waals surface area (Å²) >= 11 is 4.29. The molecule has 1 aliphatic rings. The van der Waals surface area contributed by atoms with Crippen LogP contribution in [0, 0.1) is 5.92 Å². The topological polar surface area (TPSA) is 114 Å². The number of rotatable bonds is 7. The highest BCUT2D eigenvalue weighted by Gasteiger charge is 2.26. The van der Waals surface area contributed by atoms with Gasteiger partial charge in [0.2, 0.25) is 0 Å². The maximum atomic E-state index is 12.2. The van der Waals surface area contributed by atoms with Crippen LogP contribution in [0.4, 0.5) is 5.69 Å². The molecule has 2 atom stereocenters. The van der Waals surface area contributed by atoms with E-state index >= 15 is 0 Å². The summed E-state index contributed by atoms with van der Waals surface area (Å²) in [5, 5.41) is 10.2. The molecule has 0 radical (unpaired) electrons. The number of nitrogens with two attached hydrogens (primary N) is 1. The third kappa shape index (κ3) is 5.36. The van der Waals surface area contributed by atoms with Crippen LogP contribution in [0.3, 0.4) is 0 Å². The van der Waals surface area contributed by atoms with Crippen molar-refractivity contribution < 1.29 is 19.4 Å². The van der Waals surface area contributed by atoms with Gasteiger partial charge < -0.3 is 15.6 Å². The zero-order chi connectivity index (χ0) is 19.1. The van der Waals surface area contributed by atoms with Gasteiger partial charge in [-0.25, -0.2) is 4.79 Å². The number of anilines is 1. The number of esters is 1. The van der Waals surface area contributed by atoms with E-state index in [-0.39, 0.29) is 5.56 Å². The Morgan fingerprint density at radius 1 is 1.35 bits per heavy atom. The smallest absolute Gasteiger partial charge is 0.339 e. The van der Waals surface area contributed by atoms with Crippen molar-refractivity contribution in [3.8, 4) is 0 Å². The standard InChI is InChI=1S/C18H27N3O4S/c1-25-18(24)12-8-5-9-14(16(12)26)20-21-17(23)15(22)13(19)10-11-6-3-2-4-7-11/h5,8-9,11,13,15,20,22,26H,2-4,6-7,10,19H2,1H3,(H,21,23)/t13-,15?/m1/s1. The average molecular weight is 381 g/mol. The van der Waals surface area contributed by atoms with Crippen molar-refractivity contribution >= 4 is 30.2 Å². The first-order valence-electron chi connectivity index (χ1n) is 8.83. The summed E-state index contributed by atoms with van der Waals surface area (Å²) in [6.45, 7) is 0. The zero-order valence-corrected chi connectivity index (χ0v) is 15.8. The highest BCUT2D eigenvalue weighted by atomic mass is 32.1. The quantitative estimate of drug-likeness (QED) is 0.280. The summed E-state index contributed by atoms with van der Waals surface area (Å²) < 4.78 is 4.68. The SMILES string of the molecule is COC(=O)c1cccc(NNC(=O)C(O)[C@H](N)CC2CCCCC2)c1S. The van der Waals surface area contributed by atoms with E-state index in [0.717, 1.165) is 12.8 Å². The molecule has 1 fully saturated rings. The number of aliphatic hydroxyl groups excluding tert-OH is 1. The molecule has 1 unspecified atom stereocenters. The molecule has 0 saturated heterocycles. The van der Waals surface area contributed by atoms with Gasteiger partial charge in [0.15, 0.2) is 0 Å². The number of carbonyl (C=O) groups is 2. The third-order valence-corrected chi connectivity index (χ3v) is 5.25. The Morgan fingerprint density at radius 3 is 2.69 bits per heavy atom. The minimum absolute atomic E-state index is 0.268. The first-order valence-corrected chi connectivity index (χ1v) is 9.28. The predicted molar refractivity (Wildman–Crippen MR) is 102 cm³/mol. The summed E-state index contributed by atoms with van der Waals surface area (Å²) in [4.78, 5) is 24.2. The molecule has 1 amide bonds. The van der Waals surface area contributed by atoms with E-state index in [9.17, 15) is 14.7 Å². The van der Waals surface area contributed by atoms with Crippen molar-refractivity contribution in [3.63, 3.8) is 0 Å². The lowest BCUT2D eigenvalue weighted by Gasteiger charge is -2.26. The Morgan fingerprint density at radius 2 is 2.04 bits per heavy atom. The van der Waals surface area contributed by atoms with Crippen LogP contribution in [0.1, 0.15) is 48.9 Å². The van der Waals surface area contributed by atoms with Gasteiger partial charge in [-0.15, -0.1) is 12.6 Å². The number of amides is 1. The van der Waals surface area contributed by atoms with Crippen molar-refractivity contribution in [2.24, 2.45) is 11.7 Å². The number of benzene rings is 1. The number of ether oxygens (including phenoxy) is 1. The van der Waals surface area contributed by atoms with Crippen molar-refractivity contribution in [1.82, 2.24) is 5.43 Å². The average Bonchev–Trinajstić information content (AvgIpc) is 2.66. The molecule has 1 aliphatic carbocycles. The second-order valence-electron chi connectivity index (χ2n) is 6.66. The highest BCUT2D eigenvalue weighted by molar-refractivity contribution is 7.80. The summed E-state index contributed by atoms with van der Waals surface area (Å²) in [6.07, 6.45) is 5.13. The zero-order valence-electron chi connectivity index (χ0n) is 14.9. The van der Waals surface area contributed by atoms with Gasteiger partial charge in [-0.3, -0.25) is 15.6 Å². The molecule has 7 nitrogen and oxygen atoms in total. The Bertz CT molecular complexity index is 635. The molecule has 0 aromatic heterocycles. The lowest BCUT2D eigenvalue weighted by molar-refractivity contribution is -0.130. The van der Waals surface area contributed by atoms with Gasteiger partial charge in [-0.2, -0.15) is 0 Å². The predicted octanol–water partition coefficient (Wildman–Crippen LogP) is 1.86. The molecule has 1 saturated carbocycles. The van der Waals surface area contributed by atoms with Crippen LogP contribution in [0.15, 0.2) is 23.1 Å². The van der Waals surface area contributed by atoms with Crippen LogP contribution in [-0.4, -0.2) is 36.2 Å². The lowest BCUT2D eigenvalue weighted by atomic mass is 9.84. The molecule has 0 aliphatic heterocycles. The molecule has 5 N–H and O–H groups in total. The number of thiol groups is 1. The first kappa shape index (κ1) is 20.5. The van der Waals surface area contributed by atoms with Crippen LogP contribution in [0.5, 0.6) is 0 Å². The Balaban J connectivity index is 1.90. The van der Waals surface area contributed by atoms with E-state index in [1.54, 1.807) is 18.2 Å². The van der Waals surface area contributed by atoms with E-state index in [1.807, 2.05) is 0 Å². The molecule has 1 aromatic carbocycles. The molecule has 26 heavy (non-hydrogen) atoms. The van der Waals surface area contributed by atoms with Gasteiger partial charge in [0.05, 0.1) is 18.4 Å². The normalized spacial score (nSPS) is 17.2. The molecule has 0 spiro atoms. The number of hydrogen-bond donors (Lipinski definition) is 5. The molecule has 144 valence electrons. The van der Waals surface area contributed by atoms with Crippen LogP contribution < -0.4 is 16.6 Å². The van der Waals surface area contributed by atoms with E-state index in [0.29, 0.717) is 22.9 Å². The van der Waals surface area contributed by atoms with Crippen LogP contribution in [-0.2, 0) is 9.53 Å². The van der Waals surface area contributed by atoms with Gasteiger partial charge in [0, 0.05) is 10.9 Å². The van der Waals surface area contributed by atoms with Gasteiger partial charge >= 0.3 is 5.97 Å². The second-order valence-corrected chi connectivity index (χ2v) is 7.10. The summed E-state index contributed by atoms with van der Waals surface area (Å²) in [6, 6.07) is 4.22. The van der Waals surface area contributed by atoms with Crippen molar-refractivity contribution in [3.05, 3.63) is 23.8 Å². The Kier molecular flexibility index (Phi) is 7.74. The lowest BCUT2D eigenvalue weighted by Crippen LogP contribution is -2.48. The summed E-state index contributed by atoms with van der Waals surface area (Å²) in [5.74, 6) is -0.682. The maximum absolute atomic E-state index is 12.2. The Labute approximate surface area is 159 Å². The first-order chi connectivity index (χ1) is 12.4. The number of nitrogens with one attached hydrogen (secondary N) is 2. The summed E-state index contributed by atoms with van der Waals surface area (Å²) in [7, 11) is 1.28. The molecule has 1 aromatic rings. The fourth-order valence-corrected chi connectivity index (χ4v) is 3.55. The Hall–Kier alpha value is -1.77. The van der Waals surface area contributed by atoms with Crippen LogP contribution >= 0.6 is 12.6 Å². The summed E-state index contributed by atoms with van der Waals surface area (Å²) in [5.41, 5.74) is 11.8. The van der Waals surface area contributed by atoms with Gasteiger partial charge in [-0.05, 0) is 24.5 Å². The van der Waals surface area contributed by atoms with E-state index in [4.69, 9.17) is 5.73 Å². The highest BCUT2D eigenvalue weighted by Crippen LogP contribution is 2.27. The molecular weight excluding hydrogens is 354 g/mol. The molecule has 0 heterocycles. The van der Waals surface area contributed by atoms with E-state index in [2.05, 4.69) is 28.2 Å². The molecule has 8 heteroatoms. The van der Waals surface area contributed by atoms with Crippen molar-refractivity contribution in [2.45, 2.75) is 55.6 Å². The van der Waals surface area contributed by atoms with Gasteiger partial charge in [0.1, 0.15) is 6.10 Å². The number of hydrogen-bond acceptors (Lipinski definition) is 7. The van der Waals surface area contributed by atoms with Crippen molar-refractivity contribution in [1.29, 1.82) is 0 Å². The van der Waals surface area contributed by atoms with Crippen LogP contribution in [0.2, 0.25) is 0 Å².